The molecule has 2 heterocycles. The molecule has 0 aliphatic carbocycles. The molecule has 0 N–H and O–H groups in total. The number of aryl methyl sites for hydroxylation is 1. The Morgan fingerprint density at radius 1 is 1.14 bits per heavy atom. The van der Waals surface area contributed by atoms with Crippen molar-refractivity contribution >= 4 is 40.4 Å². The van der Waals surface area contributed by atoms with Crippen LogP contribution in [0.3, 0.4) is 0 Å². The Balaban J connectivity index is 1.72. The number of anilines is 2. The van der Waals surface area contributed by atoms with Crippen molar-refractivity contribution in [3.8, 4) is 0 Å². The molecule has 0 saturated carbocycles. The van der Waals surface area contributed by atoms with E-state index in [4.69, 9.17) is 0 Å². The number of imide groups is 1. The van der Waals surface area contributed by atoms with Gasteiger partial charge in [-0.15, -0.1) is 0 Å². The first-order valence-electron chi connectivity index (χ1n) is 9.90. The summed E-state index contributed by atoms with van der Waals surface area (Å²) in [5, 5.41) is -0.252. The quantitative estimate of drug-likeness (QED) is 0.577. The first-order chi connectivity index (χ1) is 13.7. The molecule has 0 bridgehead atoms. The van der Waals surface area contributed by atoms with Gasteiger partial charge in [0.25, 0.3) is 11.1 Å². The number of carbonyl (C=O) groups is 2. The van der Waals surface area contributed by atoms with Gasteiger partial charge in [-0.3, -0.25) is 9.59 Å². The molecule has 1 saturated heterocycles. The minimum Gasteiger partial charge on any atom is -0.369 e. The van der Waals surface area contributed by atoms with Gasteiger partial charge >= 0.3 is 0 Å². The van der Waals surface area contributed by atoms with Gasteiger partial charge in [0.1, 0.15) is 0 Å². The van der Waals surface area contributed by atoms with Crippen LogP contribution in [0.4, 0.5) is 16.2 Å². The summed E-state index contributed by atoms with van der Waals surface area (Å²) in [5.41, 5.74) is 5.37. The number of para-hydroxylation sites is 1. The molecule has 2 aliphatic heterocycles. The van der Waals surface area contributed by atoms with Gasteiger partial charge in [-0.1, -0.05) is 25.1 Å². The molecule has 150 valence electrons. The lowest BCUT2D eigenvalue weighted by molar-refractivity contribution is -0.113. The number of rotatable bonds is 2. The van der Waals surface area contributed by atoms with E-state index in [1.165, 1.54) is 16.2 Å². The van der Waals surface area contributed by atoms with Crippen molar-refractivity contribution in [2.45, 2.75) is 45.6 Å². The van der Waals surface area contributed by atoms with Gasteiger partial charge in [0.2, 0.25) is 0 Å². The van der Waals surface area contributed by atoms with E-state index in [9.17, 15) is 9.59 Å². The Morgan fingerprint density at radius 2 is 1.83 bits per heavy atom. The molecule has 4 nitrogen and oxygen atoms in total. The normalized spacial score (nSPS) is 22.4. The van der Waals surface area contributed by atoms with Crippen LogP contribution in [-0.2, 0) is 4.79 Å². The summed E-state index contributed by atoms with van der Waals surface area (Å²) >= 11 is 1.01. The average Bonchev–Trinajstić information content (AvgIpc) is 2.95. The first kappa shape index (κ1) is 19.8. The lowest BCUT2D eigenvalue weighted by Gasteiger charge is -2.45. The Labute approximate surface area is 176 Å². The molecular weight excluding hydrogens is 380 g/mol. The number of thioether (sulfide) groups is 1. The van der Waals surface area contributed by atoms with Crippen molar-refractivity contribution in [3.63, 3.8) is 0 Å². The lowest BCUT2D eigenvalue weighted by Crippen LogP contribution is -2.45. The maximum absolute atomic E-state index is 12.9. The fourth-order valence-electron chi connectivity index (χ4n) is 4.30. The lowest BCUT2D eigenvalue weighted by atomic mass is 9.79. The second-order valence-corrected chi connectivity index (χ2v) is 9.59. The largest absolute Gasteiger partial charge is 0.369 e. The second kappa shape index (κ2) is 7.06. The summed E-state index contributed by atoms with van der Waals surface area (Å²) in [5.74, 6) is 0.179. The van der Waals surface area contributed by atoms with Gasteiger partial charge < -0.3 is 4.90 Å². The Bertz CT molecular complexity index is 1030. The number of carbonyl (C=O) groups excluding carboxylic acids is 2. The van der Waals surface area contributed by atoms with Crippen LogP contribution in [-0.4, -0.2) is 23.7 Å². The van der Waals surface area contributed by atoms with Gasteiger partial charge in [-0.25, -0.2) is 4.90 Å². The molecule has 2 aliphatic rings. The summed E-state index contributed by atoms with van der Waals surface area (Å²) in [6.07, 6.45) is 2.94. The molecule has 5 heteroatoms. The SMILES string of the molecule is Cc1cc2c(cc1/C=C1\SC(=O)N(c3ccccc3)C1=O)[C@H](C)CC(C)(C)N2C. The van der Waals surface area contributed by atoms with Gasteiger partial charge in [-0.2, -0.15) is 0 Å². The molecule has 2 amide bonds. The number of benzene rings is 2. The van der Waals surface area contributed by atoms with Crippen LogP contribution < -0.4 is 9.80 Å². The van der Waals surface area contributed by atoms with Gasteiger partial charge in [-0.05, 0) is 91.9 Å². The summed E-state index contributed by atoms with van der Waals surface area (Å²) in [7, 11) is 2.15. The van der Waals surface area contributed by atoms with E-state index >= 15 is 0 Å². The number of amides is 2. The molecular formula is C24H26N2O2S. The second-order valence-electron chi connectivity index (χ2n) is 8.60. The van der Waals surface area contributed by atoms with Crippen LogP contribution in [0.5, 0.6) is 0 Å². The fourth-order valence-corrected chi connectivity index (χ4v) is 5.13. The van der Waals surface area contributed by atoms with Crippen LogP contribution in [0.1, 0.15) is 49.8 Å². The average molecular weight is 407 g/mol. The molecule has 4 rings (SSSR count). The van der Waals surface area contributed by atoms with E-state index in [1.807, 2.05) is 24.3 Å². The van der Waals surface area contributed by atoms with E-state index in [2.05, 4.69) is 51.8 Å². The maximum atomic E-state index is 12.9. The molecule has 0 spiro atoms. The number of nitrogens with zero attached hydrogens (tertiary/aromatic N) is 2. The van der Waals surface area contributed by atoms with Gasteiger partial charge in [0.05, 0.1) is 10.6 Å². The highest BCUT2D eigenvalue weighted by atomic mass is 32.2. The van der Waals surface area contributed by atoms with E-state index in [-0.39, 0.29) is 16.7 Å². The van der Waals surface area contributed by atoms with Crippen molar-refractivity contribution < 1.29 is 9.59 Å². The summed E-state index contributed by atoms with van der Waals surface area (Å²) in [6.45, 7) is 8.87. The van der Waals surface area contributed by atoms with E-state index in [0.717, 1.165) is 29.3 Å². The topological polar surface area (TPSA) is 40.6 Å². The van der Waals surface area contributed by atoms with Crippen molar-refractivity contribution in [1.29, 1.82) is 0 Å². The monoisotopic (exact) mass is 406 g/mol. The molecule has 0 radical (unpaired) electrons. The highest BCUT2D eigenvalue weighted by Crippen LogP contribution is 2.44. The predicted octanol–water partition coefficient (Wildman–Crippen LogP) is 5.96. The first-order valence-corrected chi connectivity index (χ1v) is 10.7. The maximum Gasteiger partial charge on any atom is 0.298 e. The van der Waals surface area contributed by atoms with E-state index in [0.29, 0.717) is 16.5 Å². The molecule has 1 fully saturated rings. The van der Waals surface area contributed by atoms with E-state index < -0.39 is 0 Å². The number of hydrogen-bond acceptors (Lipinski definition) is 4. The Morgan fingerprint density at radius 3 is 2.52 bits per heavy atom. The third-order valence-corrected chi connectivity index (χ3v) is 6.99. The zero-order valence-corrected chi connectivity index (χ0v) is 18.3. The molecule has 2 aromatic rings. The molecule has 1 atom stereocenters. The van der Waals surface area contributed by atoms with Gasteiger partial charge in [0, 0.05) is 18.3 Å². The van der Waals surface area contributed by atoms with Crippen LogP contribution in [0.15, 0.2) is 47.4 Å². The zero-order valence-electron chi connectivity index (χ0n) is 17.5. The third-order valence-electron chi connectivity index (χ3n) is 6.12. The predicted molar refractivity (Wildman–Crippen MR) is 122 cm³/mol. The minimum absolute atomic E-state index is 0.110. The van der Waals surface area contributed by atoms with Crippen LogP contribution in [0.25, 0.3) is 6.08 Å². The third kappa shape index (κ3) is 3.38. The molecule has 2 aromatic carbocycles. The van der Waals surface area contributed by atoms with Crippen molar-refractivity contribution in [2.75, 3.05) is 16.8 Å². The number of hydrogen-bond donors (Lipinski definition) is 0. The minimum atomic E-state index is -0.255. The van der Waals surface area contributed by atoms with Crippen molar-refractivity contribution in [1.82, 2.24) is 0 Å². The van der Waals surface area contributed by atoms with Crippen LogP contribution in [0, 0.1) is 6.92 Å². The summed E-state index contributed by atoms with van der Waals surface area (Å²) < 4.78 is 0. The fraction of sp³-hybridized carbons (Fsp3) is 0.333. The van der Waals surface area contributed by atoms with E-state index in [1.54, 1.807) is 12.1 Å². The number of fused-ring (bicyclic) bond motifs is 1. The Hall–Kier alpha value is -2.53. The van der Waals surface area contributed by atoms with Crippen molar-refractivity contribution in [3.05, 3.63) is 64.1 Å². The standard InChI is InChI=1S/C24H26N2O2S/c1-15-11-20-19(16(2)14-24(3,4)25(20)5)12-17(15)13-21-22(27)26(23(28)29-21)18-9-7-6-8-10-18/h6-13,16H,14H2,1-5H3/b21-13-/t16-/m1/s1. The highest BCUT2D eigenvalue weighted by molar-refractivity contribution is 8.19. The molecule has 0 aromatic heterocycles. The molecule has 29 heavy (non-hydrogen) atoms. The van der Waals surface area contributed by atoms with Crippen molar-refractivity contribution in [2.24, 2.45) is 0 Å². The van der Waals surface area contributed by atoms with Gasteiger partial charge in [0.15, 0.2) is 0 Å². The smallest absolute Gasteiger partial charge is 0.298 e. The summed E-state index contributed by atoms with van der Waals surface area (Å²) in [6, 6.07) is 13.5. The Kier molecular flexibility index (Phi) is 4.82. The summed E-state index contributed by atoms with van der Waals surface area (Å²) in [4.78, 5) is 29.5. The van der Waals surface area contributed by atoms with Crippen LogP contribution in [0.2, 0.25) is 0 Å². The van der Waals surface area contributed by atoms with Crippen LogP contribution >= 0.6 is 11.8 Å². The molecule has 0 unspecified atom stereocenters. The zero-order chi connectivity index (χ0) is 20.9. The highest BCUT2D eigenvalue weighted by Gasteiger charge is 2.37.